The van der Waals surface area contributed by atoms with Gasteiger partial charge in [0, 0.05) is 17.0 Å². The number of nitrogens with zero attached hydrogens (tertiary/aromatic N) is 2. The first-order valence-corrected chi connectivity index (χ1v) is 11.2. The van der Waals surface area contributed by atoms with E-state index in [2.05, 4.69) is 41.8 Å². The van der Waals surface area contributed by atoms with E-state index < -0.39 is 11.6 Å². The highest BCUT2D eigenvalue weighted by atomic mass is 79.9. The van der Waals surface area contributed by atoms with Crippen molar-refractivity contribution in [3.63, 3.8) is 0 Å². The van der Waals surface area contributed by atoms with Gasteiger partial charge in [0.15, 0.2) is 17.4 Å². The maximum Gasteiger partial charge on any atom is 0.241 e. The third-order valence-corrected chi connectivity index (χ3v) is 5.73. The highest BCUT2D eigenvalue weighted by molar-refractivity contribution is 9.10. The van der Waals surface area contributed by atoms with E-state index in [-0.39, 0.29) is 11.6 Å². The van der Waals surface area contributed by atoms with Crippen molar-refractivity contribution in [3.05, 3.63) is 64.0 Å². The van der Waals surface area contributed by atoms with Gasteiger partial charge in [0.25, 0.3) is 0 Å². The number of hydrogen-bond donors (Lipinski definition) is 0. The van der Waals surface area contributed by atoms with Crippen molar-refractivity contribution in [1.82, 2.24) is 9.97 Å². The van der Waals surface area contributed by atoms with Crippen molar-refractivity contribution >= 4 is 53.4 Å². The van der Waals surface area contributed by atoms with Gasteiger partial charge >= 0.3 is 0 Å². The molecule has 4 aromatic rings. The lowest BCUT2D eigenvalue weighted by Gasteiger charge is -2.10. The Labute approximate surface area is 185 Å². The Hall–Kier alpha value is -2.10. The summed E-state index contributed by atoms with van der Waals surface area (Å²) in [6, 6.07) is 10.5. The van der Waals surface area contributed by atoms with E-state index >= 15 is 0 Å². The maximum atomic E-state index is 14.1. The summed E-state index contributed by atoms with van der Waals surface area (Å²) in [5.41, 5.74) is 1.41. The molecule has 0 saturated heterocycles. The molecule has 0 fully saturated rings. The number of ether oxygens (including phenoxy) is 2. The van der Waals surface area contributed by atoms with E-state index in [4.69, 9.17) is 9.47 Å². The van der Waals surface area contributed by atoms with Crippen LogP contribution in [0.5, 0.6) is 17.4 Å². The summed E-state index contributed by atoms with van der Waals surface area (Å²) in [5, 5.41) is 2.57. The number of alkyl halides is 1. The van der Waals surface area contributed by atoms with Gasteiger partial charge in [0.2, 0.25) is 5.88 Å². The molecule has 4 nitrogen and oxygen atoms in total. The molecule has 0 spiro atoms. The van der Waals surface area contributed by atoms with Gasteiger partial charge in [-0.3, -0.25) is 0 Å². The molecule has 2 aromatic heterocycles. The molecule has 0 amide bonds. The molecule has 9 heteroatoms. The maximum absolute atomic E-state index is 14.1. The predicted octanol–water partition coefficient (Wildman–Crippen LogP) is 6.97. The van der Waals surface area contributed by atoms with Crippen LogP contribution in [0.2, 0.25) is 0 Å². The molecule has 2 heterocycles. The second kappa shape index (κ2) is 8.73. The first kappa shape index (κ1) is 20.2. The van der Waals surface area contributed by atoms with Crippen molar-refractivity contribution in [2.45, 2.75) is 0 Å². The van der Waals surface area contributed by atoms with Gasteiger partial charge in [-0.05, 0) is 57.7 Å². The highest BCUT2D eigenvalue weighted by Gasteiger charge is 2.16. The number of halogens is 4. The lowest BCUT2D eigenvalue weighted by molar-refractivity contribution is 0.343. The molecule has 0 saturated carbocycles. The Balaban J connectivity index is 1.74. The summed E-state index contributed by atoms with van der Waals surface area (Å²) in [5.74, 6) is -0.250. The molecule has 4 rings (SSSR count). The quantitative estimate of drug-likeness (QED) is 0.247. The van der Waals surface area contributed by atoms with Gasteiger partial charge in [0.1, 0.15) is 16.3 Å². The van der Waals surface area contributed by atoms with Crippen LogP contribution in [0.4, 0.5) is 8.78 Å². The third kappa shape index (κ3) is 4.41. The third-order valence-electron chi connectivity index (χ3n) is 3.90. The van der Waals surface area contributed by atoms with Crippen LogP contribution in [0, 0.1) is 11.6 Å². The van der Waals surface area contributed by atoms with Crippen LogP contribution in [0.25, 0.3) is 21.6 Å². The Kier molecular flexibility index (Phi) is 6.07. The van der Waals surface area contributed by atoms with Gasteiger partial charge in [-0.25, -0.2) is 13.8 Å². The zero-order valence-electron chi connectivity index (χ0n) is 14.7. The summed E-state index contributed by atoms with van der Waals surface area (Å²) >= 11 is 8.20. The molecular weight excluding hydrogens is 530 g/mol. The molecule has 0 radical (unpaired) electrons. The number of thiophene rings is 1. The average Bonchev–Trinajstić information content (AvgIpc) is 3.18. The fourth-order valence-corrected chi connectivity index (χ4v) is 4.01. The number of benzene rings is 2. The average molecular weight is 542 g/mol. The minimum Gasteiger partial charge on any atom is -0.492 e. The highest BCUT2D eigenvalue weighted by Crippen LogP contribution is 2.36. The molecular formula is C20H12Br2F2N2O2S. The van der Waals surface area contributed by atoms with Crippen LogP contribution in [0.3, 0.4) is 0 Å². The molecule has 29 heavy (non-hydrogen) atoms. The van der Waals surface area contributed by atoms with Gasteiger partial charge in [-0.1, -0.05) is 15.9 Å². The van der Waals surface area contributed by atoms with Crippen LogP contribution < -0.4 is 9.47 Å². The first-order valence-electron chi connectivity index (χ1n) is 8.42. The van der Waals surface area contributed by atoms with Crippen molar-refractivity contribution < 1.29 is 18.3 Å². The van der Waals surface area contributed by atoms with Crippen LogP contribution in [0.1, 0.15) is 0 Å². The second-order valence-corrected chi connectivity index (χ2v) is 8.41. The predicted molar refractivity (Wildman–Crippen MR) is 116 cm³/mol. The summed E-state index contributed by atoms with van der Waals surface area (Å²) < 4.78 is 40.0. The summed E-state index contributed by atoms with van der Waals surface area (Å²) in [7, 11) is 0. The molecule has 0 atom stereocenters. The Morgan fingerprint density at radius 1 is 1.00 bits per heavy atom. The summed E-state index contributed by atoms with van der Waals surface area (Å²) in [4.78, 5) is 9.06. The zero-order valence-corrected chi connectivity index (χ0v) is 18.7. The Morgan fingerprint density at radius 3 is 2.59 bits per heavy atom. The van der Waals surface area contributed by atoms with Crippen molar-refractivity contribution in [2.24, 2.45) is 0 Å². The van der Waals surface area contributed by atoms with E-state index in [1.54, 1.807) is 0 Å². The van der Waals surface area contributed by atoms with Crippen molar-refractivity contribution in [2.75, 3.05) is 11.9 Å². The monoisotopic (exact) mass is 540 g/mol. The number of hydrogen-bond acceptors (Lipinski definition) is 5. The first-order chi connectivity index (χ1) is 14.0. The normalized spacial score (nSPS) is 11.0. The van der Waals surface area contributed by atoms with Gasteiger partial charge < -0.3 is 9.47 Å². The van der Waals surface area contributed by atoms with E-state index in [9.17, 15) is 8.78 Å². The minimum atomic E-state index is -0.800. The molecule has 0 unspecified atom stereocenters. The summed E-state index contributed by atoms with van der Waals surface area (Å²) in [6.07, 6.45) is 0. The molecule has 148 valence electrons. The van der Waals surface area contributed by atoms with Gasteiger partial charge in [-0.2, -0.15) is 4.98 Å². The van der Waals surface area contributed by atoms with Crippen molar-refractivity contribution in [3.8, 4) is 28.8 Å². The standard InChI is InChI=1S/C20H12Br2F2N2O2S/c21-6-7-27-16-3-1-11(9-13(16)22)19-25-15-5-8-29-18(15)20(26-19)28-17-4-2-12(23)10-14(17)24/h1-5,8-10H,6-7H2. The molecule has 2 aromatic carbocycles. The van der Waals surface area contributed by atoms with Gasteiger partial charge in [0.05, 0.1) is 16.6 Å². The van der Waals surface area contributed by atoms with Crippen LogP contribution in [-0.2, 0) is 0 Å². The fraction of sp³-hybridized carbons (Fsp3) is 0.100. The van der Waals surface area contributed by atoms with E-state index in [0.29, 0.717) is 28.4 Å². The van der Waals surface area contributed by atoms with Crippen LogP contribution in [0.15, 0.2) is 52.3 Å². The molecule has 0 aliphatic carbocycles. The van der Waals surface area contributed by atoms with E-state index in [1.807, 2.05) is 29.6 Å². The zero-order chi connectivity index (χ0) is 20.4. The second-order valence-electron chi connectivity index (χ2n) is 5.85. The van der Waals surface area contributed by atoms with Gasteiger partial charge in [-0.15, -0.1) is 11.3 Å². The summed E-state index contributed by atoms with van der Waals surface area (Å²) in [6.45, 7) is 0.538. The Morgan fingerprint density at radius 2 is 1.83 bits per heavy atom. The molecule has 0 bridgehead atoms. The lowest BCUT2D eigenvalue weighted by atomic mass is 10.2. The molecule has 0 N–H and O–H groups in total. The fourth-order valence-electron chi connectivity index (χ4n) is 2.60. The van der Waals surface area contributed by atoms with Crippen LogP contribution >= 0.6 is 43.2 Å². The number of fused-ring (bicyclic) bond motifs is 1. The Bertz CT molecular complexity index is 1190. The SMILES string of the molecule is Fc1ccc(Oc2nc(-c3ccc(OCCBr)c(Br)c3)nc3ccsc23)c(F)c1. The van der Waals surface area contributed by atoms with E-state index in [1.165, 1.54) is 17.4 Å². The van der Waals surface area contributed by atoms with Crippen LogP contribution in [-0.4, -0.2) is 21.9 Å². The number of aromatic nitrogens is 2. The molecule has 0 aliphatic heterocycles. The largest absolute Gasteiger partial charge is 0.492 e. The molecule has 0 aliphatic rings. The minimum absolute atomic E-state index is 0.106. The smallest absolute Gasteiger partial charge is 0.241 e. The lowest BCUT2D eigenvalue weighted by Crippen LogP contribution is -1.99. The number of rotatable bonds is 6. The van der Waals surface area contributed by atoms with Crippen molar-refractivity contribution in [1.29, 1.82) is 0 Å². The van der Waals surface area contributed by atoms with E-state index in [0.717, 1.165) is 27.5 Å². The topological polar surface area (TPSA) is 44.2 Å².